The van der Waals surface area contributed by atoms with Crippen LogP contribution in [0.15, 0.2) is 60.7 Å². The third kappa shape index (κ3) is 5.55. The first-order valence-electron chi connectivity index (χ1n) is 9.68. The number of carbonyl (C=O) groups is 2. The van der Waals surface area contributed by atoms with Crippen LogP contribution >= 0.6 is 11.6 Å². The molecule has 0 aromatic heterocycles. The molecule has 0 heterocycles. The molecule has 0 bridgehead atoms. The van der Waals surface area contributed by atoms with Crippen molar-refractivity contribution in [1.82, 2.24) is 0 Å². The predicted molar refractivity (Wildman–Crippen MR) is 122 cm³/mol. The molecule has 0 aliphatic heterocycles. The summed E-state index contributed by atoms with van der Waals surface area (Å²) in [7, 11) is 0. The topological polar surface area (TPSA) is 87.7 Å². The standard InChI is InChI=1S/C24H23ClN2O4/c1-14-6-4-5-7-19(14)24(30)27-20-10-9-18(13-21(20)28)26-23(29)16(3)31-22-11-8-17(25)12-15(22)2/h4-13,16,28H,1-3H3,(H,26,29)(H,27,30). The highest BCUT2D eigenvalue weighted by atomic mass is 35.5. The zero-order chi connectivity index (χ0) is 22.5. The van der Waals surface area contributed by atoms with E-state index in [1.807, 2.05) is 26.0 Å². The lowest BCUT2D eigenvalue weighted by atomic mass is 10.1. The van der Waals surface area contributed by atoms with Gasteiger partial charge in [-0.05, 0) is 68.3 Å². The van der Waals surface area contributed by atoms with Crippen molar-refractivity contribution in [1.29, 1.82) is 0 Å². The highest BCUT2D eigenvalue weighted by Crippen LogP contribution is 2.28. The molecular weight excluding hydrogens is 416 g/mol. The number of aromatic hydroxyl groups is 1. The maximum atomic E-state index is 12.5. The van der Waals surface area contributed by atoms with Gasteiger partial charge in [0.25, 0.3) is 11.8 Å². The second-order valence-electron chi connectivity index (χ2n) is 7.16. The van der Waals surface area contributed by atoms with Crippen LogP contribution in [0.25, 0.3) is 0 Å². The Morgan fingerprint density at radius 1 is 0.968 bits per heavy atom. The number of amides is 2. The average molecular weight is 439 g/mol. The number of phenols is 1. The van der Waals surface area contributed by atoms with Crippen molar-refractivity contribution in [2.45, 2.75) is 26.9 Å². The lowest BCUT2D eigenvalue weighted by molar-refractivity contribution is -0.122. The molecule has 2 amide bonds. The van der Waals surface area contributed by atoms with Gasteiger partial charge in [-0.3, -0.25) is 9.59 Å². The van der Waals surface area contributed by atoms with Crippen LogP contribution in [0.3, 0.4) is 0 Å². The van der Waals surface area contributed by atoms with Gasteiger partial charge in [0, 0.05) is 22.3 Å². The molecule has 7 heteroatoms. The minimum atomic E-state index is -0.776. The summed E-state index contributed by atoms with van der Waals surface area (Å²) < 4.78 is 5.71. The van der Waals surface area contributed by atoms with E-state index >= 15 is 0 Å². The van der Waals surface area contributed by atoms with Gasteiger partial charge in [-0.2, -0.15) is 0 Å². The number of hydrogen-bond acceptors (Lipinski definition) is 4. The molecule has 0 saturated heterocycles. The first-order chi connectivity index (χ1) is 14.7. The van der Waals surface area contributed by atoms with E-state index in [1.165, 1.54) is 12.1 Å². The van der Waals surface area contributed by atoms with Gasteiger partial charge in [0.1, 0.15) is 11.5 Å². The van der Waals surface area contributed by atoms with Crippen molar-refractivity contribution in [2.24, 2.45) is 0 Å². The van der Waals surface area contributed by atoms with Crippen LogP contribution in [0, 0.1) is 13.8 Å². The average Bonchev–Trinajstić information content (AvgIpc) is 2.72. The van der Waals surface area contributed by atoms with Crippen LogP contribution in [0.1, 0.15) is 28.4 Å². The van der Waals surface area contributed by atoms with Gasteiger partial charge in [-0.1, -0.05) is 29.8 Å². The first kappa shape index (κ1) is 22.2. The van der Waals surface area contributed by atoms with Crippen LogP contribution in [0.2, 0.25) is 5.02 Å². The number of benzene rings is 3. The van der Waals surface area contributed by atoms with Gasteiger partial charge in [0.05, 0.1) is 5.69 Å². The van der Waals surface area contributed by atoms with Gasteiger partial charge in [0.2, 0.25) is 0 Å². The summed E-state index contributed by atoms with van der Waals surface area (Å²) in [4.78, 5) is 24.9. The lowest BCUT2D eigenvalue weighted by Crippen LogP contribution is -2.30. The Bertz CT molecular complexity index is 1130. The number of anilines is 2. The normalized spacial score (nSPS) is 11.5. The molecule has 0 aliphatic carbocycles. The third-order valence-electron chi connectivity index (χ3n) is 4.71. The summed E-state index contributed by atoms with van der Waals surface area (Å²) in [6.07, 6.45) is -0.776. The fourth-order valence-electron chi connectivity index (χ4n) is 2.97. The molecule has 160 valence electrons. The number of nitrogens with one attached hydrogen (secondary N) is 2. The second-order valence-corrected chi connectivity index (χ2v) is 7.60. The molecule has 1 unspecified atom stereocenters. The van der Waals surface area contributed by atoms with Crippen molar-refractivity contribution >= 4 is 34.8 Å². The van der Waals surface area contributed by atoms with E-state index in [-0.39, 0.29) is 23.3 Å². The molecule has 0 aliphatic rings. The van der Waals surface area contributed by atoms with E-state index in [9.17, 15) is 14.7 Å². The Balaban J connectivity index is 1.64. The van der Waals surface area contributed by atoms with E-state index in [4.69, 9.17) is 16.3 Å². The summed E-state index contributed by atoms with van der Waals surface area (Å²) in [5.41, 5.74) is 2.78. The summed E-state index contributed by atoms with van der Waals surface area (Å²) >= 11 is 5.94. The molecule has 1 atom stereocenters. The van der Waals surface area contributed by atoms with Gasteiger partial charge in [0.15, 0.2) is 6.10 Å². The molecule has 3 aromatic carbocycles. The quantitative estimate of drug-likeness (QED) is 0.454. The van der Waals surface area contributed by atoms with Crippen LogP contribution in [-0.2, 0) is 4.79 Å². The van der Waals surface area contributed by atoms with E-state index < -0.39 is 6.10 Å². The van der Waals surface area contributed by atoms with Crippen molar-refractivity contribution in [3.05, 3.63) is 82.4 Å². The summed E-state index contributed by atoms with van der Waals surface area (Å²) in [6.45, 7) is 5.30. The summed E-state index contributed by atoms with van der Waals surface area (Å²) in [5.74, 6) is -0.318. The van der Waals surface area contributed by atoms with Crippen molar-refractivity contribution in [3.63, 3.8) is 0 Å². The molecule has 3 aromatic rings. The van der Waals surface area contributed by atoms with Gasteiger partial charge in [-0.15, -0.1) is 0 Å². The summed E-state index contributed by atoms with van der Waals surface area (Å²) in [5, 5.41) is 16.3. The Morgan fingerprint density at radius 3 is 2.39 bits per heavy atom. The Labute approximate surface area is 185 Å². The predicted octanol–water partition coefficient (Wildman–Crippen LogP) is 5.32. The minimum absolute atomic E-state index is 0.165. The van der Waals surface area contributed by atoms with E-state index in [0.29, 0.717) is 22.0 Å². The van der Waals surface area contributed by atoms with Crippen molar-refractivity contribution in [3.8, 4) is 11.5 Å². The molecule has 0 radical (unpaired) electrons. The number of phenolic OH excluding ortho intramolecular Hbond substituents is 1. The number of hydrogen-bond donors (Lipinski definition) is 3. The number of halogens is 1. The molecular formula is C24H23ClN2O4. The van der Waals surface area contributed by atoms with Gasteiger partial charge >= 0.3 is 0 Å². The highest BCUT2D eigenvalue weighted by molar-refractivity contribution is 6.30. The zero-order valence-electron chi connectivity index (χ0n) is 17.4. The molecule has 0 spiro atoms. The van der Waals surface area contributed by atoms with Crippen LogP contribution in [0.5, 0.6) is 11.5 Å². The Kier molecular flexibility index (Phi) is 6.82. The second kappa shape index (κ2) is 9.53. The van der Waals surface area contributed by atoms with E-state index in [1.54, 1.807) is 43.3 Å². The fraction of sp³-hybridized carbons (Fsp3) is 0.167. The zero-order valence-corrected chi connectivity index (χ0v) is 18.2. The van der Waals surface area contributed by atoms with E-state index in [0.717, 1.165) is 11.1 Å². The highest BCUT2D eigenvalue weighted by Gasteiger charge is 2.17. The fourth-order valence-corrected chi connectivity index (χ4v) is 3.19. The number of aryl methyl sites for hydroxylation is 2. The number of carbonyl (C=O) groups excluding carboxylic acids is 2. The molecule has 6 nitrogen and oxygen atoms in total. The van der Waals surface area contributed by atoms with Crippen molar-refractivity contribution < 1.29 is 19.4 Å². The Morgan fingerprint density at radius 2 is 1.71 bits per heavy atom. The van der Waals surface area contributed by atoms with Crippen LogP contribution < -0.4 is 15.4 Å². The number of rotatable bonds is 6. The molecule has 0 saturated carbocycles. The Hall–Kier alpha value is -3.51. The lowest BCUT2D eigenvalue weighted by Gasteiger charge is -2.17. The van der Waals surface area contributed by atoms with E-state index in [2.05, 4.69) is 10.6 Å². The van der Waals surface area contributed by atoms with Crippen LogP contribution in [0.4, 0.5) is 11.4 Å². The maximum Gasteiger partial charge on any atom is 0.265 e. The summed E-state index contributed by atoms with van der Waals surface area (Å²) in [6, 6.07) is 16.8. The molecule has 3 N–H and O–H groups in total. The molecule has 3 rings (SSSR count). The smallest absolute Gasteiger partial charge is 0.265 e. The van der Waals surface area contributed by atoms with Gasteiger partial charge in [-0.25, -0.2) is 0 Å². The number of ether oxygens (including phenoxy) is 1. The minimum Gasteiger partial charge on any atom is -0.506 e. The maximum absolute atomic E-state index is 12.5. The van der Waals surface area contributed by atoms with Crippen LogP contribution in [-0.4, -0.2) is 23.0 Å². The first-order valence-corrected chi connectivity index (χ1v) is 10.1. The molecule has 0 fully saturated rings. The molecule has 31 heavy (non-hydrogen) atoms. The SMILES string of the molecule is Cc1cc(Cl)ccc1OC(C)C(=O)Nc1ccc(NC(=O)c2ccccc2C)c(O)c1. The van der Waals surface area contributed by atoms with Crippen molar-refractivity contribution in [2.75, 3.05) is 10.6 Å². The third-order valence-corrected chi connectivity index (χ3v) is 4.95. The largest absolute Gasteiger partial charge is 0.506 e. The van der Waals surface area contributed by atoms with Gasteiger partial charge < -0.3 is 20.5 Å². The monoisotopic (exact) mass is 438 g/mol.